The summed E-state index contributed by atoms with van der Waals surface area (Å²) in [6, 6.07) is 17.6. The first-order chi connectivity index (χ1) is 16.0. The van der Waals surface area contributed by atoms with Crippen molar-refractivity contribution in [3.63, 3.8) is 0 Å². The Morgan fingerprint density at radius 3 is 2.21 bits per heavy atom. The topological polar surface area (TPSA) is 52.7 Å². The van der Waals surface area contributed by atoms with Gasteiger partial charge in [0.25, 0.3) is 0 Å². The van der Waals surface area contributed by atoms with Crippen molar-refractivity contribution in [2.45, 2.75) is 44.6 Å². The number of urea groups is 1. The lowest BCUT2D eigenvalue weighted by atomic mass is 9.49. The highest BCUT2D eigenvalue weighted by Crippen LogP contribution is 2.59. The van der Waals surface area contributed by atoms with Crippen LogP contribution in [0.15, 0.2) is 54.6 Å². The normalized spacial score (nSPS) is 32.5. The number of hydrogen-bond acceptors (Lipinski definition) is 2. The highest BCUT2D eigenvalue weighted by Gasteiger charge is 2.51. The van der Waals surface area contributed by atoms with Crippen LogP contribution in [-0.2, 0) is 4.79 Å². The smallest absolute Gasteiger partial charge is 0.318 e. The number of para-hydroxylation sites is 1. The van der Waals surface area contributed by atoms with E-state index in [9.17, 15) is 9.59 Å². The van der Waals surface area contributed by atoms with Crippen molar-refractivity contribution in [2.75, 3.05) is 25.0 Å². The van der Waals surface area contributed by atoms with Crippen molar-refractivity contribution < 1.29 is 9.59 Å². The zero-order valence-corrected chi connectivity index (χ0v) is 19.4. The highest BCUT2D eigenvalue weighted by atomic mass is 16.2. The fraction of sp³-hybridized carbons (Fsp3) is 0.500. The van der Waals surface area contributed by atoms with E-state index in [0.29, 0.717) is 0 Å². The first kappa shape index (κ1) is 20.8. The Morgan fingerprint density at radius 2 is 1.55 bits per heavy atom. The van der Waals surface area contributed by atoms with E-state index in [1.165, 1.54) is 38.5 Å². The molecule has 2 aromatic carbocycles. The van der Waals surface area contributed by atoms with Crippen molar-refractivity contribution in [3.8, 4) is 0 Å². The van der Waals surface area contributed by atoms with Crippen molar-refractivity contribution in [2.24, 2.45) is 23.2 Å². The number of anilines is 1. The molecule has 1 heterocycles. The third-order valence-corrected chi connectivity index (χ3v) is 8.74. The maximum absolute atomic E-state index is 13.7. The number of benzene rings is 2. The molecule has 172 valence electrons. The molecule has 2 aromatic rings. The summed E-state index contributed by atoms with van der Waals surface area (Å²) in [7, 11) is 1.81. The molecule has 0 radical (unpaired) electrons. The van der Waals surface area contributed by atoms with Gasteiger partial charge in [0.2, 0.25) is 5.91 Å². The summed E-state index contributed by atoms with van der Waals surface area (Å²) in [6.45, 7) is 0.802. The molecule has 1 atom stereocenters. The van der Waals surface area contributed by atoms with Crippen LogP contribution in [0.25, 0.3) is 0 Å². The number of fused-ring (bicyclic) bond motifs is 1. The number of likely N-dealkylation sites (N-methyl/N-ethyl adjacent to an activating group) is 1. The molecule has 1 N–H and O–H groups in total. The Morgan fingerprint density at radius 1 is 0.939 bits per heavy atom. The van der Waals surface area contributed by atoms with Gasteiger partial charge < -0.3 is 15.1 Å². The lowest BCUT2D eigenvalue weighted by molar-refractivity contribution is -0.119. The summed E-state index contributed by atoms with van der Waals surface area (Å²) < 4.78 is 0. The molecule has 5 aliphatic rings. The molecule has 0 saturated heterocycles. The number of nitrogens with zero attached hydrogens (tertiary/aromatic N) is 2. The van der Waals surface area contributed by atoms with E-state index in [1.807, 2.05) is 42.5 Å². The number of nitrogens with one attached hydrogen (secondary N) is 1. The van der Waals surface area contributed by atoms with Crippen LogP contribution >= 0.6 is 0 Å². The summed E-state index contributed by atoms with van der Waals surface area (Å²) in [5.74, 6) is 2.49. The summed E-state index contributed by atoms with van der Waals surface area (Å²) in [6.07, 6.45) is 7.96. The molecular weight excluding hydrogens is 410 g/mol. The van der Waals surface area contributed by atoms with Crippen molar-refractivity contribution in [3.05, 3.63) is 65.7 Å². The second-order valence-electron chi connectivity index (χ2n) is 11.0. The van der Waals surface area contributed by atoms with Crippen LogP contribution in [0.4, 0.5) is 10.5 Å². The molecule has 3 amide bonds. The van der Waals surface area contributed by atoms with Gasteiger partial charge in [-0.3, -0.25) is 4.79 Å². The van der Waals surface area contributed by atoms with Crippen LogP contribution in [0, 0.1) is 23.2 Å². The lowest BCUT2D eigenvalue weighted by Gasteiger charge is -2.57. The van der Waals surface area contributed by atoms with Gasteiger partial charge in [-0.1, -0.05) is 48.5 Å². The molecule has 33 heavy (non-hydrogen) atoms. The summed E-state index contributed by atoms with van der Waals surface area (Å²) in [5, 5.41) is 3.32. The Bertz CT molecular complexity index is 1030. The molecule has 0 aromatic heterocycles. The van der Waals surface area contributed by atoms with Gasteiger partial charge >= 0.3 is 6.03 Å². The predicted octanol–water partition coefficient (Wildman–Crippen LogP) is 4.98. The minimum Gasteiger partial charge on any atom is -0.337 e. The van der Waals surface area contributed by atoms with Gasteiger partial charge in [0.15, 0.2) is 0 Å². The first-order valence-electron chi connectivity index (χ1n) is 12.5. The number of hydrogen-bond donors (Lipinski definition) is 1. The first-order valence-corrected chi connectivity index (χ1v) is 12.5. The highest BCUT2D eigenvalue weighted by molar-refractivity contribution is 5.98. The fourth-order valence-electron chi connectivity index (χ4n) is 7.72. The standard InChI is InChI=1S/C28H33N3O2/c1-30-24-10-6-5-9-23(24)26(22-7-3-2-4-8-22)31(17-25(30)32)27(33)29-18-28-14-19-11-20(15-28)13-21(12-19)16-28/h2-10,19-21,26H,11-18H2,1H3,(H,29,33). The zero-order valence-electron chi connectivity index (χ0n) is 19.4. The molecule has 4 aliphatic carbocycles. The molecule has 0 spiro atoms. The van der Waals surface area contributed by atoms with Crippen molar-refractivity contribution in [1.82, 2.24) is 10.2 Å². The van der Waals surface area contributed by atoms with Crippen LogP contribution in [0.2, 0.25) is 0 Å². The van der Waals surface area contributed by atoms with E-state index < -0.39 is 0 Å². The maximum atomic E-state index is 13.7. The summed E-state index contributed by atoms with van der Waals surface area (Å²) in [5.41, 5.74) is 3.14. The van der Waals surface area contributed by atoms with Gasteiger partial charge in [-0.15, -0.1) is 0 Å². The molecule has 4 bridgehead atoms. The average molecular weight is 444 g/mol. The summed E-state index contributed by atoms with van der Waals surface area (Å²) >= 11 is 0. The van der Waals surface area contributed by atoms with Gasteiger partial charge in [-0.05, 0) is 73.3 Å². The monoisotopic (exact) mass is 443 g/mol. The minimum absolute atomic E-state index is 0.0640. The van der Waals surface area contributed by atoms with Crippen LogP contribution in [0.5, 0.6) is 0 Å². The second kappa shape index (κ2) is 7.89. The molecular formula is C28H33N3O2. The second-order valence-corrected chi connectivity index (χ2v) is 11.0. The van der Waals surface area contributed by atoms with Gasteiger partial charge in [-0.25, -0.2) is 4.79 Å². The van der Waals surface area contributed by atoms with Gasteiger partial charge in [-0.2, -0.15) is 0 Å². The van der Waals surface area contributed by atoms with E-state index in [1.54, 1.807) is 16.8 Å². The Hall–Kier alpha value is -2.82. The number of carbonyl (C=O) groups excluding carboxylic acids is 2. The van der Waals surface area contributed by atoms with E-state index in [2.05, 4.69) is 17.4 Å². The SMILES string of the molecule is CN1C(=O)CN(C(=O)NCC23CC4CC(CC(C4)C2)C3)C(c2ccccc2)c2ccccc21. The third-order valence-electron chi connectivity index (χ3n) is 8.74. The minimum atomic E-state index is -0.298. The molecule has 1 aliphatic heterocycles. The van der Waals surface area contributed by atoms with Gasteiger partial charge in [0, 0.05) is 24.8 Å². The Labute approximate surface area is 196 Å². The summed E-state index contributed by atoms with van der Waals surface area (Å²) in [4.78, 5) is 30.3. The van der Waals surface area contributed by atoms with Crippen LogP contribution in [-0.4, -0.2) is 37.0 Å². The fourth-order valence-corrected chi connectivity index (χ4v) is 7.72. The van der Waals surface area contributed by atoms with Crippen LogP contribution in [0.1, 0.15) is 55.7 Å². The Balaban J connectivity index is 1.30. The molecule has 7 rings (SSSR count). The molecule has 5 nitrogen and oxygen atoms in total. The molecule has 5 heteroatoms. The third kappa shape index (κ3) is 3.62. The number of amides is 3. The van der Waals surface area contributed by atoms with Crippen LogP contribution < -0.4 is 10.2 Å². The van der Waals surface area contributed by atoms with E-state index in [4.69, 9.17) is 0 Å². The van der Waals surface area contributed by atoms with E-state index in [-0.39, 0.29) is 29.9 Å². The molecule has 4 fully saturated rings. The Kier molecular flexibility index (Phi) is 4.97. The number of rotatable bonds is 3. The predicted molar refractivity (Wildman–Crippen MR) is 129 cm³/mol. The van der Waals surface area contributed by atoms with Crippen molar-refractivity contribution in [1.29, 1.82) is 0 Å². The van der Waals surface area contributed by atoms with E-state index in [0.717, 1.165) is 41.1 Å². The largest absolute Gasteiger partial charge is 0.337 e. The zero-order chi connectivity index (χ0) is 22.6. The van der Waals surface area contributed by atoms with Gasteiger partial charge in [0.1, 0.15) is 6.54 Å². The lowest BCUT2D eigenvalue weighted by Crippen LogP contribution is -2.53. The average Bonchev–Trinajstić information content (AvgIpc) is 2.92. The van der Waals surface area contributed by atoms with Crippen LogP contribution in [0.3, 0.4) is 0 Å². The molecule has 4 saturated carbocycles. The van der Waals surface area contributed by atoms with E-state index >= 15 is 0 Å². The maximum Gasteiger partial charge on any atom is 0.318 e. The van der Waals surface area contributed by atoms with Crippen molar-refractivity contribution >= 4 is 17.6 Å². The van der Waals surface area contributed by atoms with Gasteiger partial charge in [0.05, 0.1) is 6.04 Å². The molecule has 1 unspecified atom stereocenters. The number of carbonyl (C=O) groups is 2. The quantitative estimate of drug-likeness (QED) is 0.727.